The van der Waals surface area contributed by atoms with E-state index in [1.54, 1.807) is 7.11 Å². The number of hydrogen-bond donors (Lipinski definition) is 0. The summed E-state index contributed by atoms with van der Waals surface area (Å²) in [5, 5.41) is 0.785. The van der Waals surface area contributed by atoms with Gasteiger partial charge >= 0.3 is 0 Å². The smallest absolute Gasteiger partial charge is 0.152 e. The van der Waals surface area contributed by atoms with Crippen molar-refractivity contribution in [2.75, 3.05) is 25.2 Å². The van der Waals surface area contributed by atoms with Crippen molar-refractivity contribution in [2.45, 2.75) is 31.6 Å². The highest BCUT2D eigenvalue weighted by Crippen LogP contribution is 2.26. The molecule has 2 aromatic heterocycles. The Morgan fingerprint density at radius 3 is 2.90 bits per heavy atom. The normalized spacial score (nSPS) is 12.8. The Hall–Kier alpha value is -1.07. The van der Waals surface area contributed by atoms with Crippen molar-refractivity contribution in [3.05, 3.63) is 30.1 Å². The van der Waals surface area contributed by atoms with Crippen LogP contribution in [0.3, 0.4) is 0 Å². The number of methoxy groups -OCH3 is 1. The number of fused-ring (bicyclic) bond motifs is 1. The van der Waals surface area contributed by atoms with Gasteiger partial charge in [-0.25, -0.2) is 4.98 Å². The number of hydrogen-bond acceptors (Lipinski definition) is 3. The van der Waals surface area contributed by atoms with Gasteiger partial charge in [-0.3, -0.25) is 0 Å². The first-order valence-electron chi connectivity index (χ1n) is 7.00. The van der Waals surface area contributed by atoms with E-state index in [2.05, 4.69) is 45.3 Å². The van der Waals surface area contributed by atoms with Crippen LogP contribution in [0.25, 0.3) is 5.65 Å². The van der Waals surface area contributed by atoms with E-state index in [0.717, 1.165) is 29.8 Å². The second-order valence-electron chi connectivity index (χ2n) is 4.89. The van der Waals surface area contributed by atoms with Gasteiger partial charge in [-0.15, -0.1) is 0 Å². The van der Waals surface area contributed by atoms with Crippen LogP contribution in [-0.2, 0) is 10.1 Å². The SMILES string of the molecule is CCC(C)N(CCOC)c1nc2ccccn2c1CBr. The summed E-state index contributed by atoms with van der Waals surface area (Å²) >= 11 is 3.60. The van der Waals surface area contributed by atoms with Crippen LogP contribution in [0.5, 0.6) is 0 Å². The van der Waals surface area contributed by atoms with Crippen LogP contribution in [-0.4, -0.2) is 35.7 Å². The van der Waals surface area contributed by atoms with Crippen molar-refractivity contribution < 1.29 is 4.74 Å². The first-order chi connectivity index (χ1) is 9.72. The molecule has 2 rings (SSSR count). The third-order valence-corrected chi connectivity index (χ3v) is 4.20. The van der Waals surface area contributed by atoms with Crippen molar-refractivity contribution >= 4 is 27.4 Å². The van der Waals surface area contributed by atoms with Gasteiger partial charge in [-0.1, -0.05) is 28.9 Å². The number of alkyl halides is 1. The van der Waals surface area contributed by atoms with Crippen molar-refractivity contribution in [1.29, 1.82) is 0 Å². The second kappa shape index (κ2) is 7.09. The Morgan fingerprint density at radius 1 is 1.45 bits per heavy atom. The molecular weight excluding hydrogens is 318 g/mol. The third kappa shape index (κ3) is 2.99. The maximum Gasteiger partial charge on any atom is 0.152 e. The minimum absolute atomic E-state index is 0.438. The van der Waals surface area contributed by atoms with E-state index in [9.17, 15) is 0 Å². The summed E-state index contributed by atoms with van der Waals surface area (Å²) in [5.74, 6) is 1.06. The van der Waals surface area contributed by atoms with Crippen molar-refractivity contribution in [1.82, 2.24) is 9.38 Å². The van der Waals surface area contributed by atoms with Crippen LogP contribution < -0.4 is 4.90 Å². The molecule has 0 fully saturated rings. The zero-order valence-electron chi connectivity index (χ0n) is 12.3. The van der Waals surface area contributed by atoms with Crippen LogP contribution in [0.4, 0.5) is 5.82 Å². The summed E-state index contributed by atoms with van der Waals surface area (Å²) in [6.45, 7) is 6.00. The maximum atomic E-state index is 5.25. The van der Waals surface area contributed by atoms with Gasteiger partial charge in [0.1, 0.15) is 5.65 Å². The minimum Gasteiger partial charge on any atom is -0.383 e. The number of anilines is 1. The molecule has 0 aliphatic carbocycles. The molecule has 2 aromatic rings. The quantitative estimate of drug-likeness (QED) is 0.723. The van der Waals surface area contributed by atoms with Gasteiger partial charge < -0.3 is 14.0 Å². The molecule has 0 spiro atoms. The summed E-state index contributed by atoms with van der Waals surface area (Å²) in [6.07, 6.45) is 3.15. The number of nitrogens with zero attached hydrogens (tertiary/aromatic N) is 3. The summed E-state index contributed by atoms with van der Waals surface area (Å²) in [6, 6.07) is 6.54. The Morgan fingerprint density at radius 2 is 2.25 bits per heavy atom. The number of aromatic nitrogens is 2. The fraction of sp³-hybridized carbons (Fsp3) is 0.533. The molecule has 0 aliphatic heterocycles. The van der Waals surface area contributed by atoms with Crippen LogP contribution in [0.15, 0.2) is 24.4 Å². The number of rotatable bonds is 7. The molecule has 0 radical (unpaired) electrons. The van der Waals surface area contributed by atoms with Crippen LogP contribution in [0.1, 0.15) is 26.0 Å². The average Bonchev–Trinajstić information content (AvgIpc) is 2.85. The lowest BCUT2D eigenvalue weighted by Crippen LogP contribution is -2.36. The van der Waals surface area contributed by atoms with Gasteiger partial charge in [0.25, 0.3) is 0 Å². The number of halogens is 1. The predicted octanol–water partition coefficient (Wildman–Crippen LogP) is 3.48. The predicted molar refractivity (Wildman–Crippen MR) is 86.8 cm³/mol. The van der Waals surface area contributed by atoms with E-state index in [-0.39, 0.29) is 0 Å². The molecule has 1 unspecified atom stereocenters. The number of ether oxygens (including phenoxy) is 1. The van der Waals surface area contributed by atoms with Crippen molar-refractivity contribution in [3.63, 3.8) is 0 Å². The van der Waals surface area contributed by atoms with Crippen molar-refractivity contribution in [3.8, 4) is 0 Å². The van der Waals surface area contributed by atoms with Gasteiger partial charge in [0.2, 0.25) is 0 Å². The highest BCUT2D eigenvalue weighted by Gasteiger charge is 2.20. The van der Waals surface area contributed by atoms with Crippen LogP contribution >= 0.6 is 15.9 Å². The number of imidazole rings is 1. The van der Waals surface area contributed by atoms with E-state index in [1.807, 2.05) is 18.2 Å². The number of pyridine rings is 1. The van der Waals surface area contributed by atoms with Crippen molar-refractivity contribution in [2.24, 2.45) is 0 Å². The topological polar surface area (TPSA) is 29.8 Å². The van der Waals surface area contributed by atoms with Crippen LogP contribution in [0, 0.1) is 0 Å². The summed E-state index contributed by atoms with van der Waals surface area (Å²) in [4.78, 5) is 7.15. The minimum atomic E-state index is 0.438. The Balaban J connectivity index is 2.45. The van der Waals surface area contributed by atoms with Gasteiger partial charge in [0, 0.05) is 31.2 Å². The molecule has 1 atom stereocenters. The van der Waals surface area contributed by atoms with E-state index in [4.69, 9.17) is 9.72 Å². The van der Waals surface area contributed by atoms with E-state index in [1.165, 1.54) is 5.69 Å². The maximum absolute atomic E-state index is 5.25. The van der Waals surface area contributed by atoms with E-state index in [0.29, 0.717) is 12.6 Å². The summed E-state index contributed by atoms with van der Waals surface area (Å²) in [5.41, 5.74) is 2.18. The summed E-state index contributed by atoms with van der Waals surface area (Å²) in [7, 11) is 1.74. The fourth-order valence-corrected chi connectivity index (χ4v) is 2.85. The molecule has 0 bridgehead atoms. The molecular formula is C15H22BrN3O. The molecule has 0 saturated heterocycles. The van der Waals surface area contributed by atoms with E-state index >= 15 is 0 Å². The molecule has 0 aromatic carbocycles. The fourth-order valence-electron chi connectivity index (χ4n) is 2.33. The Kier molecular flexibility index (Phi) is 5.43. The highest BCUT2D eigenvalue weighted by atomic mass is 79.9. The monoisotopic (exact) mass is 339 g/mol. The third-order valence-electron chi connectivity index (χ3n) is 3.67. The van der Waals surface area contributed by atoms with Gasteiger partial charge in [0.15, 0.2) is 5.82 Å². The standard InChI is InChI=1S/C15H22BrN3O/c1-4-12(2)18(9-10-20-3)15-13(11-16)19-8-6-5-7-14(19)17-15/h5-8,12H,4,9-11H2,1-3H3. The van der Waals surface area contributed by atoms with Gasteiger partial charge in [-0.2, -0.15) is 0 Å². The first kappa shape index (κ1) is 15.3. The average molecular weight is 340 g/mol. The Labute approximate surface area is 128 Å². The molecule has 5 heteroatoms. The van der Waals surface area contributed by atoms with Crippen LogP contribution in [0.2, 0.25) is 0 Å². The molecule has 0 amide bonds. The lowest BCUT2D eigenvalue weighted by Gasteiger charge is -2.29. The lowest BCUT2D eigenvalue weighted by atomic mass is 10.2. The highest BCUT2D eigenvalue weighted by molar-refractivity contribution is 9.08. The second-order valence-corrected chi connectivity index (χ2v) is 5.45. The largest absolute Gasteiger partial charge is 0.383 e. The molecule has 2 heterocycles. The van der Waals surface area contributed by atoms with Gasteiger partial charge in [-0.05, 0) is 25.5 Å². The molecule has 4 nitrogen and oxygen atoms in total. The molecule has 0 saturated carbocycles. The molecule has 110 valence electrons. The lowest BCUT2D eigenvalue weighted by molar-refractivity contribution is 0.203. The summed E-state index contributed by atoms with van der Waals surface area (Å²) < 4.78 is 7.39. The Bertz CT molecular complexity index is 555. The zero-order valence-corrected chi connectivity index (χ0v) is 13.9. The first-order valence-corrected chi connectivity index (χ1v) is 8.12. The molecule has 20 heavy (non-hydrogen) atoms. The van der Waals surface area contributed by atoms with Gasteiger partial charge in [0.05, 0.1) is 12.3 Å². The zero-order chi connectivity index (χ0) is 14.5. The molecule has 0 aliphatic rings. The molecule has 0 N–H and O–H groups in total. The van der Waals surface area contributed by atoms with E-state index < -0.39 is 0 Å².